The van der Waals surface area contributed by atoms with Crippen LogP contribution in [0.4, 0.5) is 0 Å². The van der Waals surface area contributed by atoms with Gasteiger partial charge in [-0.1, -0.05) is 25.1 Å². The van der Waals surface area contributed by atoms with E-state index < -0.39 is 0 Å². The second-order valence-electron chi connectivity index (χ2n) is 5.12. The highest BCUT2D eigenvalue weighted by Gasteiger charge is 2.53. The minimum absolute atomic E-state index is 0.242. The summed E-state index contributed by atoms with van der Waals surface area (Å²) in [6.45, 7) is 2.14. The van der Waals surface area contributed by atoms with Crippen LogP contribution in [0, 0.1) is 17.2 Å². The van der Waals surface area contributed by atoms with E-state index in [2.05, 4.69) is 37.3 Å². The molecule has 1 fully saturated rings. The van der Waals surface area contributed by atoms with E-state index in [9.17, 15) is 5.26 Å². The predicted octanol–water partition coefficient (Wildman–Crippen LogP) is 3.65. The second kappa shape index (κ2) is 3.74. The Morgan fingerprint density at radius 3 is 2.50 bits per heavy atom. The molecule has 1 aliphatic rings. The molecule has 90 valence electrons. The summed E-state index contributed by atoms with van der Waals surface area (Å²) in [7, 11) is 1.67. The van der Waals surface area contributed by atoms with Gasteiger partial charge in [-0.2, -0.15) is 5.26 Å². The Balaban J connectivity index is 2.11. The first-order chi connectivity index (χ1) is 8.69. The monoisotopic (exact) mass is 237 g/mol. The average Bonchev–Trinajstić information content (AvgIpc) is 3.09. The van der Waals surface area contributed by atoms with Crippen molar-refractivity contribution < 1.29 is 4.74 Å². The van der Waals surface area contributed by atoms with Gasteiger partial charge >= 0.3 is 0 Å². The van der Waals surface area contributed by atoms with E-state index in [0.717, 1.165) is 23.1 Å². The molecule has 0 N–H and O–H groups in total. The zero-order valence-electron chi connectivity index (χ0n) is 10.6. The molecule has 0 aromatic heterocycles. The van der Waals surface area contributed by atoms with Crippen molar-refractivity contribution in [3.8, 4) is 11.8 Å². The van der Waals surface area contributed by atoms with E-state index in [1.165, 1.54) is 5.39 Å². The van der Waals surface area contributed by atoms with Gasteiger partial charge in [-0.3, -0.25) is 0 Å². The molecule has 0 aliphatic heterocycles. The maximum Gasteiger partial charge on any atom is 0.119 e. The SMILES string of the molecule is COc1ccc2cc(C3(C#N)CC3C)ccc2c1. The fraction of sp³-hybridized carbons (Fsp3) is 0.312. The topological polar surface area (TPSA) is 33.0 Å². The lowest BCUT2D eigenvalue weighted by Crippen LogP contribution is -2.05. The van der Waals surface area contributed by atoms with Gasteiger partial charge in [0, 0.05) is 0 Å². The molecular weight excluding hydrogens is 222 g/mol. The minimum Gasteiger partial charge on any atom is -0.497 e. The van der Waals surface area contributed by atoms with Crippen LogP contribution in [0.25, 0.3) is 10.8 Å². The number of hydrogen-bond acceptors (Lipinski definition) is 2. The fourth-order valence-corrected chi connectivity index (χ4v) is 2.68. The Morgan fingerprint density at radius 2 is 1.89 bits per heavy atom. The lowest BCUT2D eigenvalue weighted by molar-refractivity contribution is 0.415. The van der Waals surface area contributed by atoms with Crippen molar-refractivity contribution in [1.82, 2.24) is 0 Å². The molecule has 0 spiro atoms. The molecule has 0 amide bonds. The van der Waals surface area contributed by atoms with Gasteiger partial charge in [-0.05, 0) is 46.9 Å². The standard InChI is InChI=1S/C16H15NO/c1-11-9-16(11,10-17)14-5-3-13-8-15(18-2)6-4-12(13)7-14/h3-8,11H,9H2,1-2H3. The van der Waals surface area contributed by atoms with E-state index in [-0.39, 0.29) is 5.41 Å². The van der Waals surface area contributed by atoms with Crippen LogP contribution in [0.3, 0.4) is 0 Å². The highest BCUT2D eigenvalue weighted by Crippen LogP contribution is 2.53. The molecule has 0 radical (unpaired) electrons. The van der Waals surface area contributed by atoms with Gasteiger partial charge < -0.3 is 4.74 Å². The first-order valence-electron chi connectivity index (χ1n) is 6.19. The molecule has 2 unspecified atom stereocenters. The molecular formula is C16H15NO. The van der Waals surface area contributed by atoms with Crippen LogP contribution in [0.2, 0.25) is 0 Å². The Hall–Kier alpha value is -2.01. The molecule has 1 aliphatic carbocycles. The van der Waals surface area contributed by atoms with Crippen molar-refractivity contribution in [3.63, 3.8) is 0 Å². The molecule has 3 rings (SSSR count). The summed E-state index contributed by atoms with van der Waals surface area (Å²) < 4.78 is 5.22. The first-order valence-corrected chi connectivity index (χ1v) is 6.19. The maximum atomic E-state index is 9.36. The van der Waals surface area contributed by atoms with Crippen molar-refractivity contribution >= 4 is 10.8 Å². The van der Waals surface area contributed by atoms with Crippen molar-refractivity contribution in [2.75, 3.05) is 7.11 Å². The maximum absolute atomic E-state index is 9.36. The number of hydrogen-bond donors (Lipinski definition) is 0. The molecule has 2 heteroatoms. The number of fused-ring (bicyclic) bond motifs is 1. The number of rotatable bonds is 2. The minimum atomic E-state index is -0.242. The third kappa shape index (κ3) is 1.48. The van der Waals surface area contributed by atoms with E-state index in [4.69, 9.17) is 4.74 Å². The Bertz CT molecular complexity index is 656. The fourth-order valence-electron chi connectivity index (χ4n) is 2.68. The van der Waals surface area contributed by atoms with Crippen LogP contribution >= 0.6 is 0 Å². The molecule has 2 aromatic rings. The molecule has 0 saturated heterocycles. The quantitative estimate of drug-likeness (QED) is 0.798. The van der Waals surface area contributed by atoms with Gasteiger partial charge in [0.25, 0.3) is 0 Å². The summed E-state index contributed by atoms with van der Waals surface area (Å²) in [5.74, 6) is 1.34. The summed E-state index contributed by atoms with van der Waals surface area (Å²) in [4.78, 5) is 0. The molecule has 18 heavy (non-hydrogen) atoms. The van der Waals surface area contributed by atoms with Gasteiger partial charge in [-0.25, -0.2) is 0 Å². The Morgan fingerprint density at radius 1 is 1.22 bits per heavy atom. The number of benzene rings is 2. The van der Waals surface area contributed by atoms with Gasteiger partial charge in [-0.15, -0.1) is 0 Å². The number of ether oxygens (including phenoxy) is 1. The lowest BCUT2D eigenvalue weighted by Gasteiger charge is -2.10. The summed E-state index contributed by atoms with van der Waals surface area (Å²) in [5, 5.41) is 11.7. The lowest BCUT2D eigenvalue weighted by atomic mass is 9.93. The van der Waals surface area contributed by atoms with Crippen LogP contribution in [0.1, 0.15) is 18.9 Å². The van der Waals surface area contributed by atoms with Gasteiger partial charge in [0.05, 0.1) is 18.6 Å². The summed E-state index contributed by atoms with van der Waals surface area (Å²) >= 11 is 0. The Labute approximate surface area is 107 Å². The van der Waals surface area contributed by atoms with Crippen LogP contribution in [0.15, 0.2) is 36.4 Å². The van der Waals surface area contributed by atoms with Gasteiger partial charge in [0.1, 0.15) is 5.75 Å². The summed E-state index contributed by atoms with van der Waals surface area (Å²) in [6, 6.07) is 14.8. The van der Waals surface area contributed by atoms with E-state index >= 15 is 0 Å². The summed E-state index contributed by atoms with van der Waals surface area (Å²) in [6.07, 6.45) is 0.977. The zero-order valence-corrected chi connectivity index (χ0v) is 10.6. The Kier molecular flexibility index (Phi) is 2.31. The van der Waals surface area contributed by atoms with E-state index in [0.29, 0.717) is 5.92 Å². The molecule has 0 heterocycles. The molecule has 0 bridgehead atoms. The van der Waals surface area contributed by atoms with Gasteiger partial charge in [0.2, 0.25) is 0 Å². The van der Waals surface area contributed by atoms with Crippen LogP contribution < -0.4 is 4.74 Å². The van der Waals surface area contributed by atoms with Crippen molar-refractivity contribution in [2.24, 2.45) is 5.92 Å². The average molecular weight is 237 g/mol. The molecule has 2 aromatic carbocycles. The second-order valence-corrected chi connectivity index (χ2v) is 5.12. The summed E-state index contributed by atoms with van der Waals surface area (Å²) in [5.41, 5.74) is 0.906. The largest absolute Gasteiger partial charge is 0.497 e. The van der Waals surface area contributed by atoms with Crippen LogP contribution in [-0.4, -0.2) is 7.11 Å². The number of nitrogens with zero attached hydrogens (tertiary/aromatic N) is 1. The normalized spacial score (nSPS) is 25.7. The first kappa shape index (κ1) is 11.1. The molecule has 2 atom stereocenters. The third-order valence-corrected chi connectivity index (χ3v) is 4.07. The number of methoxy groups -OCH3 is 1. The smallest absolute Gasteiger partial charge is 0.119 e. The molecule has 1 saturated carbocycles. The van der Waals surface area contributed by atoms with Crippen molar-refractivity contribution in [2.45, 2.75) is 18.8 Å². The van der Waals surface area contributed by atoms with Gasteiger partial charge in [0.15, 0.2) is 0 Å². The van der Waals surface area contributed by atoms with E-state index in [1.54, 1.807) is 7.11 Å². The van der Waals surface area contributed by atoms with Crippen molar-refractivity contribution in [3.05, 3.63) is 42.0 Å². The van der Waals surface area contributed by atoms with Crippen LogP contribution in [0.5, 0.6) is 5.75 Å². The van der Waals surface area contributed by atoms with Crippen molar-refractivity contribution in [1.29, 1.82) is 5.26 Å². The van der Waals surface area contributed by atoms with E-state index in [1.807, 2.05) is 12.1 Å². The zero-order chi connectivity index (χ0) is 12.8. The van der Waals surface area contributed by atoms with Crippen LogP contribution in [-0.2, 0) is 5.41 Å². The predicted molar refractivity (Wildman–Crippen MR) is 71.6 cm³/mol. The third-order valence-electron chi connectivity index (χ3n) is 4.07. The molecule has 2 nitrogen and oxygen atoms in total. The number of nitriles is 1. The highest BCUT2D eigenvalue weighted by molar-refractivity contribution is 5.85. The highest BCUT2D eigenvalue weighted by atomic mass is 16.5.